The maximum absolute atomic E-state index is 11.5. The molecule has 0 spiro atoms. The third-order valence-corrected chi connectivity index (χ3v) is 3.23. The predicted molar refractivity (Wildman–Crippen MR) is 78.7 cm³/mol. The van der Waals surface area contributed by atoms with Gasteiger partial charge in [0.15, 0.2) is 5.69 Å². The Balaban J connectivity index is 2.09. The summed E-state index contributed by atoms with van der Waals surface area (Å²) in [6.45, 7) is 2.51. The normalized spacial score (nSPS) is 10.6. The number of hydrogen-bond acceptors (Lipinski definition) is 6. The number of thiazole rings is 1. The third-order valence-electron chi connectivity index (χ3n) is 2.39. The molecule has 0 unspecified atom stereocenters. The van der Waals surface area contributed by atoms with Gasteiger partial charge in [0.2, 0.25) is 0 Å². The molecule has 0 aliphatic carbocycles. The quantitative estimate of drug-likeness (QED) is 0.563. The second-order valence-electron chi connectivity index (χ2n) is 4.46. The lowest BCUT2D eigenvalue weighted by Crippen LogP contribution is -2.37. The number of aromatic nitrogens is 1. The Labute approximate surface area is 127 Å². The number of rotatable bonds is 9. The van der Waals surface area contributed by atoms with Gasteiger partial charge < -0.3 is 25.4 Å². The number of carbonyl (C=O) groups is 2. The van der Waals surface area contributed by atoms with Crippen molar-refractivity contribution in [3.05, 3.63) is 16.1 Å². The van der Waals surface area contributed by atoms with Crippen LogP contribution in [-0.2, 0) is 11.3 Å². The molecule has 9 heteroatoms. The van der Waals surface area contributed by atoms with Crippen LogP contribution in [0, 0.1) is 0 Å². The van der Waals surface area contributed by atoms with E-state index in [9.17, 15) is 9.59 Å². The van der Waals surface area contributed by atoms with Gasteiger partial charge in [0.25, 0.3) is 0 Å². The average molecular weight is 316 g/mol. The number of nitrogens with zero attached hydrogens (tertiary/aromatic N) is 2. The molecule has 1 rings (SSSR count). The van der Waals surface area contributed by atoms with Crippen LogP contribution in [0.2, 0.25) is 0 Å². The number of amides is 2. The minimum absolute atomic E-state index is 0.00787. The second-order valence-corrected chi connectivity index (χ2v) is 5.40. The van der Waals surface area contributed by atoms with Gasteiger partial charge in [-0.15, -0.1) is 11.3 Å². The van der Waals surface area contributed by atoms with Gasteiger partial charge in [0.1, 0.15) is 5.01 Å². The Morgan fingerprint density at radius 1 is 1.38 bits per heavy atom. The van der Waals surface area contributed by atoms with Crippen LogP contribution in [0.1, 0.15) is 15.5 Å². The molecule has 1 aromatic rings. The highest BCUT2D eigenvalue weighted by Gasteiger charge is 2.09. The zero-order valence-corrected chi connectivity index (χ0v) is 12.9. The van der Waals surface area contributed by atoms with Crippen molar-refractivity contribution >= 4 is 23.3 Å². The van der Waals surface area contributed by atoms with Crippen LogP contribution in [0.15, 0.2) is 5.38 Å². The molecule has 0 radical (unpaired) electrons. The Bertz CT molecular complexity index is 464. The fourth-order valence-electron chi connectivity index (χ4n) is 1.29. The van der Waals surface area contributed by atoms with Crippen molar-refractivity contribution in [2.24, 2.45) is 0 Å². The van der Waals surface area contributed by atoms with Crippen LogP contribution in [0.3, 0.4) is 0 Å². The standard InChI is InChI=1S/C12H20N4O4S/c1-16(2)4-6-20-5-3-13-12(19)14-7-10-15-9(8-21-10)11(17)18/h8H,3-7H2,1-2H3,(H,17,18)(H2,13,14,19). The first-order valence-electron chi connectivity index (χ1n) is 6.41. The van der Waals surface area contributed by atoms with Crippen molar-refractivity contribution in [3.8, 4) is 0 Å². The molecule has 0 aliphatic rings. The van der Waals surface area contributed by atoms with Crippen molar-refractivity contribution in [2.45, 2.75) is 6.54 Å². The summed E-state index contributed by atoms with van der Waals surface area (Å²) in [6, 6.07) is -0.335. The SMILES string of the molecule is CN(C)CCOCCNC(=O)NCc1nc(C(=O)O)cs1. The maximum atomic E-state index is 11.5. The molecule has 8 nitrogen and oxygen atoms in total. The summed E-state index contributed by atoms with van der Waals surface area (Å²) in [5, 5.41) is 16.0. The first-order chi connectivity index (χ1) is 9.99. The van der Waals surface area contributed by atoms with Gasteiger partial charge in [0.05, 0.1) is 19.8 Å². The molecule has 0 fully saturated rings. The van der Waals surface area contributed by atoms with Crippen molar-refractivity contribution in [2.75, 3.05) is 40.4 Å². The molecule has 0 aromatic carbocycles. The predicted octanol–water partition coefficient (Wildman–Crippen LogP) is 0.219. The monoisotopic (exact) mass is 316 g/mol. The fraction of sp³-hybridized carbons (Fsp3) is 0.583. The molecular weight excluding hydrogens is 296 g/mol. The number of carbonyl (C=O) groups excluding carboxylic acids is 1. The minimum atomic E-state index is -1.07. The van der Waals surface area contributed by atoms with E-state index in [4.69, 9.17) is 9.84 Å². The molecule has 0 saturated carbocycles. The summed E-state index contributed by atoms with van der Waals surface area (Å²) >= 11 is 1.19. The van der Waals surface area contributed by atoms with E-state index in [1.807, 2.05) is 19.0 Å². The fourth-order valence-corrected chi connectivity index (χ4v) is 2.00. The molecule has 3 N–H and O–H groups in total. The largest absolute Gasteiger partial charge is 0.476 e. The summed E-state index contributed by atoms with van der Waals surface area (Å²) in [5.74, 6) is -1.07. The highest BCUT2D eigenvalue weighted by Crippen LogP contribution is 2.08. The summed E-state index contributed by atoms with van der Waals surface area (Å²) < 4.78 is 5.33. The summed E-state index contributed by atoms with van der Waals surface area (Å²) in [4.78, 5) is 28.0. The van der Waals surface area contributed by atoms with Gasteiger partial charge in [-0.25, -0.2) is 14.6 Å². The highest BCUT2D eigenvalue weighted by atomic mass is 32.1. The molecule has 0 atom stereocenters. The highest BCUT2D eigenvalue weighted by molar-refractivity contribution is 7.09. The molecule has 0 saturated heterocycles. The van der Waals surface area contributed by atoms with Crippen molar-refractivity contribution in [1.82, 2.24) is 20.5 Å². The van der Waals surface area contributed by atoms with Gasteiger partial charge in [0, 0.05) is 18.5 Å². The van der Waals surface area contributed by atoms with Gasteiger partial charge in [-0.3, -0.25) is 0 Å². The number of nitrogens with one attached hydrogen (secondary N) is 2. The second kappa shape index (κ2) is 9.27. The van der Waals surface area contributed by atoms with Crippen LogP contribution < -0.4 is 10.6 Å². The van der Waals surface area contributed by atoms with E-state index in [2.05, 4.69) is 15.6 Å². The molecule has 118 valence electrons. The summed E-state index contributed by atoms with van der Waals surface area (Å²) in [6.07, 6.45) is 0. The molecule has 1 aromatic heterocycles. The number of aromatic carboxylic acids is 1. The zero-order valence-electron chi connectivity index (χ0n) is 12.1. The Morgan fingerprint density at radius 2 is 2.14 bits per heavy atom. The van der Waals surface area contributed by atoms with Crippen molar-refractivity contribution in [1.29, 1.82) is 0 Å². The lowest BCUT2D eigenvalue weighted by Gasteiger charge is -2.10. The number of carboxylic acids is 1. The van der Waals surface area contributed by atoms with Crippen LogP contribution >= 0.6 is 11.3 Å². The van der Waals surface area contributed by atoms with E-state index >= 15 is 0 Å². The topological polar surface area (TPSA) is 104 Å². The van der Waals surface area contributed by atoms with Crippen LogP contribution in [0.5, 0.6) is 0 Å². The number of urea groups is 1. The van der Waals surface area contributed by atoms with Crippen molar-refractivity contribution < 1.29 is 19.4 Å². The number of carboxylic acid groups (broad SMARTS) is 1. The first kappa shape index (κ1) is 17.3. The zero-order chi connectivity index (χ0) is 15.7. The Morgan fingerprint density at radius 3 is 2.76 bits per heavy atom. The number of ether oxygens (including phenoxy) is 1. The molecule has 1 heterocycles. The van der Waals surface area contributed by atoms with E-state index in [-0.39, 0.29) is 18.3 Å². The van der Waals surface area contributed by atoms with Gasteiger partial charge in [-0.2, -0.15) is 0 Å². The third kappa shape index (κ3) is 7.59. The maximum Gasteiger partial charge on any atom is 0.355 e. The van der Waals surface area contributed by atoms with E-state index in [0.717, 1.165) is 6.54 Å². The van der Waals surface area contributed by atoms with Crippen LogP contribution in [0.4, 0.5) is 4.79 Å². The van der Waals surface area contributed by atoms with E-state index in [1.54, 1.807) is 0 Å². The Hall–Kier alpha value is -1.71. The lowest BCUT2D eigenvalue weighted by molar-refractivity contribution is 0.0691. The molecule has 0 bridgehead atoms. The first-order valence-corrected chi connectivity index (χ1v) is 7.29. The summed E-state index contributed by atoms with van der Waals surface area (Å²) in [7, 11) is 3.92. The van der Waals surface area contributed by atoms with E-state index < -0.39 is 5.97 Å². The Kier molecular flexibility index (Phi) is 7.65. The number of likely N-dealkylation sites (N-methyl/N-ethyl adjacent to an activating group) is 1. The van der Waals surface area contributed by atoms with Gasteiger partial charge in [-0.1, -0.05) is 0 Å². The van der Waals surface area contributed by atoms with E-state index in [1.165, 1.54) is 16.7 Å². The van der Waals surface area contributed by atoms with Crippen molar-refractivity contribution in [3.63, 3.8) is 0 Å². The number of hydrogen-bond donors (Lipinski definition) is 3. The lowest BCUT2D eigenvalue weighted by atomic mass is 10.5. The molecular formula is C12H20N4O4S. The molecule has 21 heavy (non-hydrogen) atoms. The smallest absolute Gasteiger partial charge is 0.355 e. The molecule has 0 aliphatic heterocycles. The minimum Gasteiger partial charge on any atom is -0.476 e. The average Bonchev–Trinajstić information content (AvgIpc) is 2.89. The van der Waals surface area contributed by atoms with Crippen LogP contribution in [0.25, 0.3) is 0 Å². The van der Waals surface area contributed by atoms with Gasteiger partial charge >= 0.3 is 12.0 Å². The van der Waals surface area contributed by atoms with Gasteiger partial charge in [-0.05, 0) is 14.1 Å². The van der Waals surface area contributed by atoms with E-state index in [0.29, 0.717) is 24.8 Å². The molecule has 2 amide bonds. The summed E-state index contributed by atoms with van der Waals surface area (Å²) in [5.41, 5.74) is -0.00787. The van der Waals surface area contributed by atoms with Crippen LogP contribution in [-0.4, -0.2) is 67.4 Å².